The van der Waals surface area contributed by atoms with E-state index in [1.807, 2.05) is 0 Å². The number of nitrogens with one attached hydrogen (secondary N) is 2. The van der Waals surface area contributed by atoms with Crippen molar-refractivity contribution in [3.05, 3.63) is 0 Å². The lowest BCUT2D eigenvalue weighted by Gasteiger charge is -2.23. The second-order valence-corrected chi connectivity index (χ2v) is 6.16. The van der Waals surface area contributed by atoms with Gasteiger partial charge in [0.25, 0.3) is 0 Å². The first-order valence-electron chi connectivity index (χ1n) is 6.58. The Morgan fingerprint density at radius 2 is 2.06 bits per heavy atom. The summed E-state index contributed by atoms with van der Waals surface area (Å²) in [7, 11) is 0. The van der Waals surface area contributed by atoms with E-state index in [1.54, 1.807) is 0 Å². The van der Waals surface area contributed by atoms with E-state index in [4.69, 9.17) is 0 Å². The minimum absolute atomic E-state index is 0.200. The number of hydrogen-bond donors (Lipinski definition) is 2. The molecule has 2 N–H and O–H groups in total. The third-order valence-corrected chi connectivity index (χ3v) is 4.02. The van der Waals surface area contributed by atoms with Crippen LogP contribution in [0.25, 0.3) is 0 Å². The molecule has 3 nitrogen and oxygen atoms in total. The molecule has 1 amide bonds. The summed E-state index contributed by atoms with van der Waals surface area (Å²) < 4.78 is 0. The van der Waals surface area contributed by atoms with E-state index in [2.05, 4.69) is 24.5 Å². The fourth-order valence-electron chi connectivity index (χ4n) is 2.88. The lowest BCUT2D eigenvalue weighted by atomic mass is 9.85. The van der Waals surface area contributed by atoms with Crippen molar-refractivity contribution >= 4 is 5.91 Å². The van der Waals surface area contributed by atoms with Crippen LogP contribution in [-0.4, -0.2) is 24.5 Å². The molecule has 16 heavy (non-hydrogen) atoms. The number of rotatable bonds is 2. The SMILES string of the molecule is CC1(C)CCCC(NC2CNC(=O)C2)CC1. The van der Waals surface area contributed by atoms with E-state index in [1.165, 1.54) is 32.1 Å². The Labute approximate surface area is 98.4 Å². The van der Waals surface area contributed by atoms with Gasteiger partial charge in [0.05, 0.1) is 0 Å². The second-order valence-electron chi connectivity index (χ2n) is 6.16. The average molecular weight is 224 g/mol. The highest BCUT2D eigenvalue weighted by Crippen LogP contribution is 2.33. The van der Waals surface area contributed by atoms with Gasteiger partial charge in [-0.3, -0.25) is 4.79 Å². The fourth-order valence-corrected chi connectivity index (χ4v) is 2.88. The Kier molecular flexibility index (Phi) is 3.53. The lowest BCUT2D eigenvalue weighted by Crippen LogP contribution is -2.39. The molecule has 2 unspecified atom stereocenters. The molecule has 2 aliphatic rings. The van der Waals surface area contributed by atoms with Crippen LogP contribution in [0.1, 0.15) is 52.4 Å². The Morgan fingerprint density at radius 1 is 1.25 bits per heavy atom. The standard InChI is InChI=1S/C13H24N2O/c1-13(2)6-3-4-10(5-7-13)15-11-8-12(16)14-9-11/h10-11,15H,3-9H2,1-2H3,(H,14,16). The first-order valence-corrected chi connectivity index (χ1v) is 6.58. The monoisotopic (exact) mass is 224 g/mol. The normalized spacial score (nSPS) is 34.5. The first-order chi connectivity index (χ1) is 7.55. The van der Waals surface area contributed by atoms with Crippen LogP contribution in [0.3, 0.4) is 0 Å². The molecule has 1 aliphatic heterocycles. The van der Waals surface area contributed by atoms with Crippen LogP contribution in [0.5, 0.6) is 0 Å². The van der Waals surface area contributed by atoms with Crippen LogP contribution < -0.4 is 10.6 Å². The van der Waals surface area contributed by atoms with Crippen LogP contribution in [0, 0.1) is 5.41 Å². The maximum atomic E-state index is 11.1. The zero-order chi connectivity index (χ0) is 11.6. The molecule has 1 aliphatic carbocycles. The Bertz CT molecular complexity index is 263. The molecule has 0 aromatic rings. The summed E-state index contributed by atoms with van der Waals surface area (Å²) in [4.78, 5) is 11.1. The topological polar surface area (TPSA) is 41.1 Å². The molecule has 3 heteroatoms. The van der Waals surface area contributed by atoms with Crippen molar-refractivity contribution in [3.8, 4) is 0 Å². The molecule has 2 atom stereocenters. The van der Waals surface area contributed by atoms with E-state index in [-0.39, 0.29) is 5.91 Å². The summed E-state index contributed by atoms with van der Waals surface area (Å²) >= 11 is 0. The van der Waals surface area contributed by atoms with E-state index >= 15 is 0 Å². The molecule has 2 rings (SSSR count). The van der Waals surface area contributed by atoms with Crippen molar-refractivity contribution in [1.82, 2.24) is 10.6 Å². The van der Waals surface area contributed by atoms with Crippen molar-refractivity contribution in [2.45, 2.75) is 64.5 Å². The van der Waals surface area contributed by atoms with Crippen LogP contribution in [-0.2, 0) is 4.79 Å². The quantitative estimate of drug-likeness (QED) is 0.703. The van der Waals surface area contributed by atoms with Gasteiger partial charge in [0, 0.05) is 25.0 Å². The molecular formula is C13H24N2O. The third-order valence-electron chi connectivity index (χ3n) is 4.02. The van der Waals surface area contributed by atoms with E-state index in [9.17, 15) is 4.79 Å². The van der Waals surface area contributed by atoms with Gasteiger partial charge in [0.1, 0.15) is 0 Å². The Morgan fingerprint density at radius 3 is 2.75 bits per heavy atom. The number of amides is 1. The van der Waals surface area contributed by atoms with Gasteiger partial charge >= 0.3 is 0 Å². The molecular weight excluding hydrogens is 200 g/mol. The summed E-state index contributed by atoms with van der Waals surface area (Å²) in [6.45, 7) is 5.56. The van der Waals surface area contributed by atoms with Crippen LogP contribution in [0.15, 0.2) is 0 Å². The van der Waals surface area contributed by atoms with Gasteiger partial charge in [0.2, 0.25) is 5.91 Å². The Balaban J connectivity index is 1.80. The van der Waals surface area contributed by atoms with Gasteiger partial charge in [-0.25, -0.2) is 0 Å². The van der Waals surface area contributed by atoms with Gasteiger partial charge in [0.15, 0.2) is 0 Å². The van der Waals surface area contributed by atoms with E-state index in [0.29, 0.717) is 23.9 Å². The maximum Gasteiger partial charge on any atom is 0.221 e. The van der Waals surface area contributed by atoms with Crippen molar-refractivity contribution in [3.63, 3.8) is 0 Å². The molecule has 92 valence electrons. The van der Waals surface area contributed by atoms with Crippen LogP contribution in [0.4, 0.5) is 0 Å². The Hall–Kier alpha value is -0.570. The number of hydrogen-bond acceptors (Lipinski definition) is 2. The zero-order valence-corrected chi connectivity index (χ0v) is 10.5. The summed E-state index contributed by atoms with van der Waals surface area (Å²) in [5.74, 6) is 0.200. The molecule has 2 fully saturated rings. The van der Waals surface area contributed by atoms with Gasteiger partial charge in [-0.05, 0) is 31.1 Å². The van der Waals surface area contributed by atoms with E-state index in [0.717, 1.165) is 6.54 Å². The molecule has 0 aromatic carbocycles. The molecule has 0 spiro atoms. The number of carbonyl (C=O) groups excluding carboxylic acids is 1. The van der Waals surface area contributed by atoms with Crippen molar-refractivity contribution in [2.75, 3.05) is 6.54 Å². The molecule has 1 saturated heterocycles. The minimum Gasteiger partial charge on any atom is -0.354 e. The predicted molar refractivity (Wildman–Crippen MR) is 65.2 cm³/mol. The molecule has 1 saturated carbocycles. The fraction of sp³-hybridized carbons (Fsp3) is 0.923. The molecule has 0 radical (unpaired) electrons. The summed E-state index contributed by atoms with van der Waals surface area (Å²) in [5.41, 5.74) is 0.514. The average Bonchev–Trinajstić information content (AvgIpc) is 2.52. The van der Waals surface area contributed by atoms with E-state index < -0.39 is 0 Å². The second kappa shape index (κ2) is 4.74. The highest BCUT2D eigenvalue weighted by Gasteiger charge is 2.28. The van der Waals surface area contributed by atoms with Crippen LogP contribution >= 0.6 is 0 Å². The predicted octanol–water partition coefficient (Wildman–Crippen LogP) is 1.82. The summed E-state index contributed by atoms with van der Waals surface area (Å²) in [6, 6.07) is 0.998. The van der Waals surface area contributed by atoms with Gasteiger partial charge in [-0.1, -0.05) is 20.3 Å². The van der Waals surface area contributed by atoms with Crippen molar-refractivity contribution in [2.24, 2.45) is 5.41 Å². The van der Waals surface area contributed by atoms with Gasteiger partial charge in [-0.2, -0.15) is 0 Å². The largest absolute Gasteiger partial charge is 0.354 e. The van der Waals surface area contributed by atoms with Gasteiger partial charge < -0.3 is 10.6 Å². The first kappa shape index (κ1) is 11.9. The highest BCUT2D eigenvalue weighted by atomic mass is 16.1. The lowest BCUT2D eigenvalue weighted by molar-refractivity contribution is -0.119. The molecule has 0 aromatic heterocycles. The molecule has 1 heterocycles. The highest BCUT2D eigenvalue weighted by molar-refractivity contribution is 5.78. The molecule has 0 bridgehead atoms. The summed E-state index contributed by atoms with van der Waals surface area (Å²) in [5, 5.41) is 6.53. The minimum atomic E-state index is 0.200. The smallest absolute Gasteiger partial charge is 0.221 e. The maximum absolute atomic E-state index is 11.1. The zero-order valence-electron chi connectivity index (χ0n) is 10.5. The summed E-state index contributed by atoms with van der Waals surface area (Å²) in [6.07, 6.45) is 7.16. The van der Waals surface area contributed by atoms with Crippen molar-refractivity contribution in [1.29, 1.82) is 0 Å². The van der Waals surface area contributed by atoms with Crippen molar-refractivity contribution < 1.29 is 4.79 Å². The van der Waals surface area contributed by atoms with Gasteiger partial charge in [-0.15, -0.1) is 0 Å². The van der Waals surface area contributed by atoms with Crippen LogP contribution in [0.2, 0.25) is 0 Å². The third kappa shape index (κ3) is 3.21. The number of carbonyl (C=O) groups is 1.